The summed E-state index contributed by atoms with van der Waals surface area (Å²) in [5.41, 5.74) is 1.96. The molecule has 2 aromatic carbocycles. The van der Waals surface area contributed by atoms with Crippen LogP contribution < -0.4 is 0 Å². The largest absolute Gasteiger partial charge is 0.336 e. The Morgan fingerprint density at radius 3 is 2.50 bits per heavy atom. The SMILES string of the molecule is Cc1cccc(CN2CCN(C(=O)c3ccc([N+](=O)[O-])cc3F)CC2)c1. The summed E-state index contributed by atoms with van der Waals surface area (Å²) >= 11 is 0. The number of amides is 1. The van der Waals surface area contributed by atoms with Gasteiger partial charge in [0.2, 0.25) is 0 Å². The Morgan fingerprint density at radius 1 is 1.15 bits per heavy atom. The molecule has 136 valence electrons. The van der Waals surface area contributed by atoms with Crippen molar-refractivity contribution < 1.29 is 14.1 Å². The van der Waals surface area contributed by atoms with E-state index in [1.165, 1.54) is 17.2 Å². The normalized spacial score (nSPS) is 15.1. The van der Waals surface area contributed by atoms with Gasteiger partial charge in [-0.05, 0) is 18.6 Å². The van der Waals surface area contributed by atoms with Gasteiger partial charge < -0.3 is 4.90 Å². The zero-order valence-corrected chi connectivity index (χ0v) is 14.5. The standard InChI is InChI=1S/C19H20FN3O3/c1-14-3-2-4-15(11-14)13-21-7-9-22(10-8-21)19(24)17-6-5-16(23(25)26)12-18(17)20/h2-6,11-12H,7-10,13H2,1H3. The highest BCUT2D eigenvalue weighted by Crippen LogP contribution is 2.19. The zero-order chi connectivity index (χ0) is 18.7. The van der Waals surface area contributed by atoms with E-state index in [1.54, 1.807) is 4.90 Å². The second-order valence-corrected chi connectivity index (χ2v) is 6.48. The van der Waals surface area contributed by atoms with E-state index in [1.807, 2.05) is 6.07 Å². The molecule has 2 aromatic rings. The van der Waals surface area contributed by atoms with Crippen LogP contribution in [0.3, 0.4) is 0 Å². The lowest BCUT2D eigenvalue weighted by Gasteiger charge is -2.34. The van der Waals surface area contributed by atoms with E-state index >= 15 is 0 Å². The number of aryl methyl sites for hydroxylation is 1. The number of rotatable bonds is 4. The first kappa shape index (κ1) is 18.0. The number of nitrogens with zero attached hydrogens (tertiary/aromatic N) is 3. The molecular formula is C19H20FN3O3. The van der Waals surface area contributed by atoms with E-state index in [0.717, 1.165) is 18.7 Å². The van der Waals surface area contributed by atoms with E-state index in [-0.39, 0.29) is 11.3 Å². The topological polar surface area (TPSA) is 66.7 Å². The summed E-state index contributed by atoms with van der Waals surface area (Å²) in [5, 5.41) is 10.7. The first-order valence-electron chi connectivity index (χ1n) is 8.45. The predicted molar refractivity (Wildman–Crippen MR) is 95.4 cm³/mol. The molecule has 0 saturated carbocycles. The molecule has 0 unspecified atom stereocenters. The molecule has 1 aliphatic heterocycles. The molecule has 0 atom stereocenters. The van der Waals surface area contributed by atoms with Crippen LogP contribution in [0.25, 0.3) is 0 Å². The second kappa shape index (κ2) is 7.61. The first-order chi connectivity index (χ1) is 12.4. The number of nitro benzene ring substituents is 1. The fraction of sp³-hybridized carbons (Fsp3) is 0.316. The van der Waals surface area contributed by atoms with Gasteiger partial charge in [-0.1, -0.05) is 29.8 Å². The molecule has 1 fully saturated rings. The molecule has 0 aliphatic carbocycles. The monoisotopic (exact) mass is 357 g/mol. The van der Waals surface area contributed by atoms with Crippen molar-refractivity contribution in [3.8, 4) is 0 Å². The van der Waals surface area contributed by atoms with Crippen molar-refractivity contribution in [2.75, 3.05) is 26.2 Å². The summed E-state index contributed by atoms with van der Waals surface area (Å²) in [6.07, 6.45) is 0. The smallest absolute Gasteiger partial charge is 0.272 e. The molecule has 3 rings (SSSR count). The minimum Gasteiger partial charge on any atom is -0.336 e. The third-order valence-electron chi connectivity index (χ3n) is 4.54. The van der Waals surface area contributed by atoms with Crippen molar-refractivity contribution in [1.82, 2.24) is 9.80 Å². The fourth-order valence-electron chi connectivity index (χ4n) is 3.14. The number of hydrogen-bond donors (Lipinski definition) is 0. The van der Waals surface area contributed by atoms with E-state index < -0.39 is 16.6 Å². The minimum absolute atomic E-state index is 0.122. The van der Waals surface area contributed by atoms with Gasteiger partial charge in [0, 0.05) is 38.8 Å². The molecule has 1 aliphatic rings. The average Bonchev–Trinajstić information content (AvgIpc) is 2.61. The van der Waals surface area contributed by atoms with Gasteiger partial charge in [-0.15, -0.1) is 0 Å². The molecule has 1 saturated heterocycles. The number of nitro groups is 1. The average molecular weight is 357 g/mol. The third-order valence-corrected chi connectivity index (χ3v) is 4.54. The van der Waals surface area contributed by atoms with Gasteiger partial charge >= 0.3 is 0 Å². The highest BCUT2D eigenvalue weighted by atomic mass is 19.1. The van der Waals surface area contributed by atoms with Crippen LogP contribution in [0.4, 0.5) is 10.1 Å². The number of carbonyl (C=O) groups excluding carboxylic acids is 1. The third kappa shape index (κ3) is 4.05. The lowest BCUT2D eigenvalue weighted by Crippen LogP contribution is -2.48. The van der Waals surface area contributed by atoms with Gasteiger partial charge in [0.05, 0.1) is 16.6 Å². The molecule has 0 radical (unpaired) electrons. The fourth-order valence-corrected chi connectivity index (χ4v) is 3.14. The molecule has 0 aromatic heterocycles. The van der Waals surface area contributed by atoms with Crippen LogP contribution in [0.15, 0.2) is 42.5 Å². The Labute approximate surface area is 151 Å². The van der Waals surface area contributed by atoms with Crippen LogP contribution in [0, 0.1) is 22.9 Å². The van der Waals surface area contributed by atoms with Crippen molar-refractivity contribution in [3.63, 3.8) is 0 Å². The maximum atomic E-state index is 14.1. The van der Waals surface area contributed by atoms with Gasteiger partial charge in [-0.25, -0.2) is 4.39 Å². The summed E-state index contributed by atoms with van der Waals surface area (Å²) in [7, 11) is 0. The maximum Gasteiger partial charge on any atom is 0.272 e. The number of piperazine rings is 1. The van der Waals surface area contributed by atoms with Crippen molar-refractivity contribution in [2.24, 2.45) is 0 Å². The molecule has 26 heavy (non-hydrogen) atoms. The van der Waals surface area contributed by atoms with Gasteiger partial charge in [-0.3, -0.25) is 19.8 Å². The Morgan fingerprint density at radius 2 is 1.88 bits per heavy atom. The predicted octanol–water partition coefficient (Wildman–Crippen LogP) is 3.00. The zero-order valence-electron chi connectivity index (χ0n) is 14.5. The molecule has 7 heteroatoms. The lowest BCUT2D eigenvalue weighted by atomic mass is 10.1. The highest BCUT2D eigenvalue weighted by molar-refractivity contribution is 5.94. The number of halogens is 1. The molecule has 0 bridgehead atoms. The Kier molecular flexibility index (Phi) is 5.27. The van der Waals surface area contributed by atoms with Crippen LogP contribution in [-0.4, -0.2) is 46.8 Å². The van der Waals surface area contributed by atoms with Crippen LogP contribution in [0.5, 0.6) is 0 Å². The van der Waals surface area contributed by atoms with Gasteiger partial charge in [-0.2, -0.15) is 0 Å². The lowest BCUT2D eigenvalue weighted by molar-refractivity contribution is -0.385. The van der Waals surface area contributed by atoms with Crippen molar-refractivity contribution in [1.29, 1.82) is 0 Å². The van der Waals surface area contributed by atoms with E-state index in [0.29, 0.717) is 26.2 Å². The second-order valence-electron chi connectivity index (χ2n) is 6.48. The van der Waals surface area contributed by atoms with Gasteiger partial charge in [0.15, 0.2) is 0 Å². The molecule has 0 spiro atoms. The minimum atomic E-state index is -0.855. The van der Waals surface area contributed by atoms with Crippen molar-refractivity contribution in [2.45, 2.75) is 13.5 Å². The first-order valence-corrected chi connectivity index (χ1v) is 8.45. The van der Waals surface area contributed by atoms with Gasteiger partial charge in [0.1, 0.15) is 5.82 Å². The van der Waals surface area contributed by atoms with E-state index in [2.05, 4.69) is 30.0 Å². The molecule has 0 N–H and O–H groups in total. The van der Waals surface area contributed by atoms with Crippen LogP contribution >= 0.6 is 0 Å². The number of benzene rings is 2. The van der Waals surface area contributed by atoms with Crippen LogP contribution in [0.1, 0.15) is 21.5 Å². The summed E-state index contributed by atoms with van der Waals surface area (Å²) in [5.74, 6) is -1.28. The Bertz CT molecular complexity index is 833. The Hall–Kier alpha value is -2.80. The summed E-state index contributed by atoms with van der Waals surface area (Å²) in [6, 6.07) is 11.4. The van der Waals surface area contributed by atoms with Crippen molar-refractivity contribution in [3.05, 3.63) is 75.1 Å². The molecule has 6 nitrogen and oxygen atoms in total. The molecular weight excluding hydrogens is 337 g/mol. The number of hydrogen-bond acceptors (Lipinski definition) is 4. The summed E-state index contributed by atoms with van der Waals surface area (Å²) in [4.78, 5) is 26.4. The molecule has 1 amide bonds. The van der Waals surface area contributed by atoms with Crippen molar-refractivity contribution >= 4 is 11.6 Å². The van der Waals surface area contributed by atoms with E-state index in [4.69, 9.17) is 0 Å². The summed E-state index contributed by atoms with van der Waals surface area (Å²) < 4.78 is 14.1. The highest BCUT2D eigenvalue weighted by Gasteiger charge is 2.25. The van der Waals surface area contributed by atoms with Crippen LogP contribution in [-0.2, 0) is 6.54 Å². The number of non-ortho nitro benzene ring substituents is 1. The Balaban J connectivity index is 1.61. The molecule has 1 heterocycles. The van der Waals surface area contributed by atoms with E-state index in [9.17, 15) is 19.3 Å². The number of carbonyl (C=O) groups is 1. The maximum absolute atomic E-state index is 14.1. The quantitative estimate of drug-likeness (QED) is 0.623. The van der Waals surface area contributed by atoms with Gasteiger partial charge in [0.25, 0.3) is 11.6 Å². The summed E-state index contributed by atoms with van der Waals surface area (Å²) in [6.45, 7) is 5.28. The van der Waals surface area contributed by atoms with Crippen LogP contribution in [0.2, 0.25) is 0 Å².